The van der Waals surface area contributed by atoms with Gasteiger partial charge < -0.3 is 10.6 Å². The first-order valence-corrected chi connectivity index (χ1v) is 7.77. The highest BCUT2D eigenvalue weighted by Gasteiger charge is 2.04. The van der Waals surface area contributed by atoms with Crippen molar-refractivity contribution < 1.29 is 0 Å². The zero-order valence-electron chi connectivity index (χ0n) is 12.4. The summed E-state index contributed by atoms with van der Waals surface area (Å²) in [5.41, 5.74) is 2.60. The van der Waals surface area contributed by atoms with Gasteiger partial charge in [-0.3, -0.25) is 0 Å². The predicted octanol–water partition coefficient (Wildman–Crippen LogP) is 3.67. The van der Waals surface area contributed by atoms with Gasteiger partial charge in [0.25, 0.3) is 0 Å². The van der Waals surface area contributed by atoms with Crippen LogP contribution in [0.25, 0.3) is 0 Å². The van der Waals surface area contributed by atoms with E-state index >= 15 is 0 Å². The second-order valence-corrected chi connectivity index (χ2v) is 5.65. The van der Waals surface area contributed by atoms with Crippen LogP contribution in [0.2, 0.25) is 0 Å². The van der Waals surface area contributed by atoms with Gasteiger partial charge in [-0.05, 0) is 43.1 Å². The van der Waals surface area contributed by atoms with Gasteiger partial charge in [0.1, 0.15) is 0 Å². The molecule has 0 heterocycles. The van der Waals surface area contributed by atoms with Crippen molar-refractivity contribution in [2.24, 2.45) is 0 Å². The third-order valence-corrected chi connectivity index (χ3v) is 3.64. The van der Waals surface area contributed by atoms with Crippen LogP contribution in [0.3, 0.4) is 0 Å². The summed E-state index contributed by atoms with van der Waals surface area (Å²) in [6.07, 6.45) is 2.13. The zero-order valence-corrected chi connectivity index (χ0v) is 13.2. The summed E-state index contributed by atoms with van der Waals surface area (Å²) in [6.45, 7) is 2.93. The lowest BCUT2D eigenvalue weighted by Crippen LogP contribution is -2.40. The first kappa shape index (κ1) is 15.5. The van der Waals surface area contributed by atoms with Crippen molar-refractivity contribution in [3.8, 4) is 0 Å². The molecular weight excluding hydrogens is 276 g/mol. The van der Waals surface area contributed by atoms with Gasteiger partial charge in [0.2, 0.25) is 0 Å². The Morgan fingerprint density at radius 2 is 1.52 bits per heavy atom. The normalized spacial score (nSPS) is 11.7. The fourth-order valence-electron chi connectivity index (χ4n) is 2.15. The Kier molecular flexibility index (Phi) is 6.22. The van der Waals surface area contributed by atoms with E-state index in [1.165, 1.54) is 11.1 Å². The Balaban J connectivity index is 1.67. The SMILES string of the molecule is C[C@H](CCc1ccccc1)NC(=S)NCc1ccccc1. The maximum atomic E-state index is 5.34. The van der Waals surface area contributed by atoms with Gasteiger partial charge in [-0.2, -0.15) is 0 Å². The highest BCUT2D eigenvalue weighted by atomic mass is 32.1. The molecule has 2 rings (SSSR count). The minimum absolute atomic E-state index is 0.362. The number of nitrogens with one attached hydrogen (secondary N) is 2. The number of rotatable bonds is 6. The number of aryl methyl sites for hydroxylation is 1. The third kappa shape index (κ3) is 5.96. The molecule has 0 bridgehead atoms. The molecule has 2 aromatic rings. The summed E-state index contributed by atoms with van der Waals surface area (Å²) < 4.78 is 0. The van der Waals surface area contributed by atoms with E-state index < -0.39 is 0 Å². The van der Waals surface area contributed by atoms with E-state index in [1.807, 2.05) is 24.3 Å². The molecule has 0 saturated heterocycles. The molecule has 0 saturated carbocycles. The average molecular weight is 298 g/mol. The molecular formula is C18H22N2S. The molecule has 0 aliphatic heterocycles. The van der Waals surface area contributed by atoms with Gasteiger partial charge in [-0.15, -0.1) is 0 Å². The summed E-state index contributed by atoms with van der Waals surface area (Å²) in [5, 5.41) is 7.31. The van der Waals surface area contributed by atoms with Crippen LogP contribution in [-0.2, 0) is 13.0 Å². The maximum absolute atomic E-state index is 5.34. The lowest BCUT2D eigenvalue weighted by atomic mass is 10.1. The van der Waals surface area contributed by atoms with E-state index in [-0.39, 0.29) is 0 Å². The Labute approximate surface area is 132 Å². The Morgan fingerprint density at radius 1 is 0.952 bits per heavy atom. The molecule has 2 aromatic carbocycles. The first-order valence-electron chi connectivity index (χ1n) is 7.36. The predicted molar refractivity (Wildman–Crippen MR) is 93.2 cm³/mol. The van der Waals surface area contributed by atoms with Gasteiger partial charge in [-0.25, -0.2) is 0 Å². The molecule has 0 aliphatic carbocycles. The van der Waals surface area contributed by atoms with Crippen LogP contribution in [0.15, 0.2) is 60.7 Å². The number of benzene rings is 2. The molecule has 1 atom stereocenters. The van der Waals surface area contributed by atoms with Crippen molar-refractivity contribution in [2.75, 3.05) is 0 Å². The number of hydrogen-bond donors (Lipinski definition) is 2. The second-order valence-electron chi connectivity index (χ2n) is 5.24. The van der Waals surface area contributed by atoms with Gasteiger partial charge in [0, 0.05) is 12.6 Å². The maximum Gasteiger partial charge on any atom is 0.166 e. The Morgan fingerprint density at radius 3 is 2.14 bits per heavy atom. The van der Waals surface area contributed by atoms with Gasteiger partial charge >= 0.3 is 0 Å². The van der Waals surface area contributed by atoms with Crippen molar-refractivity contribution >= 4 is 17.3 Å². The Hall–Kier alpha value is -1.87. The van der Waals surface area contributed by atoms with E-state index in [4.69, 9.17) is 12.2 Å². The number of hydrogen-bond acceptors (Lipinski definition) is 1. The highest BCUT2D eigenvalue weighted by molar-refractivity contribution is 7.80. The van der Waals surface area contributed by atoms with Crippen molar-refractivity contribution in [1.82, 2.24) is 10.6 Å². The molecule has 0 amide bonds. The average Bonchev–Trinajstić information content (AvgIpc) is 2.53. The van der Waals surface area contributed by atoms with Crippen molar-refractivity contribution in [2.45, 2.75) is 32.4 Å². The fourth-order valence-corrected chi connectivity index (χ4v) is 2.43. The topological polar surface area (TPSA) is 24.1 Å². The first-order chi connectivity index (χ1) is 10.2. The van der Waals surface area contributed by atoms with Crippen molar-refractivity contribution in [1.29, 1.82) is 0 Å². The molecule has 21 heavy (non-hydrogen) atoms. The monoisotopic (exact) mass is 298 g/mol. The molecule has 2 N–H and O–H groups in total. The summed E-state index contributed by atoms with van der Waals surface area (Å²) >= 11 is 5.34. The van der Waals surface area contributed by atoms with Crippen LogP contribution in [-0.4, -0.2) is 11.2 Å². The van der Waals surface area contributed by atoms with E-state index in [2.05, 4.69) is 54.0 Å². The molecule has 3 heteroatoms. The van der Waals surface area contributed by atoms with Crippen LogP contribution in [0.5, 0.6) is 0 Å². The van der Waals surface area contributed by atoms with Gasteiger partial charge in [0.05, 0.1) is 0 Å². The third-order valence-electron chi connectivity index (χ3n) is 3.38. The molecule has 0 spiro atoms. The molecule has 0 aliphatic rings. The van der Waals surface area contributed by atoms with Gasteiger partial charge in [0.15, 0.2) is 5.11 Å². The van der Waals surface area contributed by atoms with Crippen LogP contribution in [0, 0.1) is 0 Å². The summed E-state index contributed by atoms with van der Waals surface area (Å²) in [5.74, 6) is 0. The van der Waals surface area contributed by atoms with Crippen molar-refractivity contribution in [3.63, 3.8) is 0 Å². The molecule has 0 fully saturated rings. The standard InChI is InChI=1S/C18H22N2S/c1-15(12-13-16-8-4-2-5-9-16)20-18(21)19-14-17-10-6-3-7-11-17/h2-11,15H,12-14H2,1H3,(H2,19,20,21)/t15-/m1/s1. The van der Waals surface area contributed by atoms with E-state index in [0.29, 0.717) is 6.04 Å². The minimum Gasteiger partial charge on any atom is -0.360 e. The van der Waals surface area contributed by atoms with E-state index in [1.54, 1.807) is 0 Å². The molecule has 2 nitrogen and oxygen atoms in total. The number of thiocarbonyl (C=S) groups is 1. The van der Waals surface area contributed by atoms with Crippen LogP contribution < -0.4 is 10.6 Å². The summed E-state index contributed by atoms with van der Waals surface area (Å²) in [4.78, 5) is 0. The summed E-state index contributed by atoms with van der Waals surface area (Å²) in [7, 11) is 0. The lowest BCUT2D eigenvalue weighted by molar-refractivity contribution is 0.599. The van der Waals surface area contributed by atoms with Crippen LogP contribution in [0.1, 0.15) is 24.5 Å². The smallest absolute Gasteiger partial charge is 0.166 e. The molecule has 110 valence electrons. The Bertz CT molecular complexity index is 540. The molecule has 0 aromatic heterocycles. The lowest BCUT2D eigenvalue weighted by Gasteiger charge is -2.17. The second kappa shape index (κ2) is 8.42. The molecule has 0 unspecified atom stereocenters. The minimum atomic E-state index is 0.362. The summed E-state index contributed by atoms with van der Waals surface area (Å²) in [6, 6.07) is 21.2. The fraction of sp³-hybridized carbons (Fsp3) is 0.278. The van der Waals surface area contributed by atoms with Crippen LogP contribution >= 0.6 is 12.2 Å². The van der Waals surface area contributed by atoms with Crippen molar-refractivity contribution in [3.05, 3.63) is 71.8 Å². The zero-order chi connectivity index (χ0) is 14.9. The van der Waals surface area contributed by atoms with E-state index in [0.717, 1.165) is 24.5 Å². The van der Waals surface area contributed by atoms with Gasteiger partial charge in [-0.1, -0.05) is 60.7 Å². The molecule has 0 radical (unpaired) electrons. The van der Waals surface area contributed by atoms with E-state index in [9.17, 15) is 0 Å². The quantitative estimate of drug-likeness (QED) is 0.796. The van der Waals surface area contributed by atoms with Crippen LogP contribution in [0.4, 0.5) is 0 Å². The largest absolute Gasteiger partial charge is 0.360 e. The highest BCUT2D eigenvalue weighted by Crippen LogP contribution is 2.04.